The summed E-state index contributed by atoms with van der Waals surface area (Å²) in [7, 11) is 0. The first kappa shape index (κ1) is 32.4. The average Bonchev–Trinajstić information content (AvgIpc) is 3.42. The zero-order valence-corrected chi connectivity index (χ0v) is 32.8. The summed E-state index contributed by atoms with van der Waals surface area (Å²) < 4.78 is 9.71. The predicted octanol–water partition coefficient (Wildman–Crippen LogP) is 11.3. The Morgan fingerprint density at radius 1 is 0.660 bits per heavy atom. The Labute approximate surface area is 304 Å². The van der Waals surface area contributed by atoms with Gasteiger partial charge in [0.1, 0.15) is 11.5 Å². The standard InChI is InChI=1S/C46H52BNOS/c1-42(2,3)27-15-18-38-29(23-27)40-41(50-38)47-34-25-32-33(46(10,11)22-21-45(32,8)9)26-36(34)48(35-13-12-14-37(49-40)39(35)47)28-16-17-30-31(24-28)44(6,7)20-19-43(30,4)5/h12-18,23-26H,19-22H2,1-11H3. The number of nitrogens with zero attached hydrogens (tertiary/aromatic N) is 1. The highest BCUT2D eigenvalue weighted by Crippen LogP contribution is 2.52. The molecule has 0 spiro atoms. The predicted molar refractivity (Wildman–Crippen MR) is 217 cm³/mol. The molecule has 9 rings (SSSR count). The van der Waals surface area contributed by atoms with Gasteiger partial charge in [-0.05, 0) is 134 Å². The van der Waals surface area contributed by atoms with Crippen LogP contribution in [0.15, 0.2) is 66.7 Å². The zero-order valence-electron chi connectivity index (χ0n) is 32.0. The molecule has 50 heavy (non-hydrogen) atoms. The molecule has 0 radical (unpaired) electrons. The molecule has 0 amide bonds. The van der Waals surface area contributed by atoms with Gasteiger partial charge in [-0.3, -0.25) is 0 Å². The minimum absolute atomic E-state index is 0.0663. The van der Waals surface area contributed by atoms with Gasteiger partial charge in [-0.15, -0.1) is 11.3 Å². The van der Waals surface area contributed by atoms with Gasteiger partial charge in [-0.1, -0.05) is 100 Å². The molecule has 2 aliphatic heterocycles. The third-order valence-corrected chi connectivity index (χ3v) is 14.4. The minimum atomic E-state index is 0.0663. The van der Waals surface area contributed by atoms with Gasteiger partial charge in [0.05, 0.1) is 0 Å². The summed E-state index contributed by atoms with van der Waals surface area (Å²) in [5, 5.41) is 1.25. The molecule has 1 aromatic heterocycles. The second-order valence-corrected chi connectivity index (χ2v) is 20.6. The Balaban J connectivity index is 1.35. The van der Waals surface area contributed by atoms with Crippen molar-refractivity contribution in [3.05, 3.63) is 94.5 Å². The average molecular weight is 678 g/mol. The fourth-order valence-electron chi connectivity index (χ4n) is 9.67. The summed E-state index contributed by atoms with van der Waals surface area (Å²) in [5.74, 6) is 2.05. The van der Waals surface area contributed by atoms with Crippen molar-refractivity contribution in [2.45, 2.75) is 129 Å². The van der Waals surface area contributed by atoms with E-state index in [1.165, 1.54) is 96.4 Å². The van der Waals surface area contributed by atoms with Gasteiger partial charge in [0.25, 0.3) is 6.71 Å². The number of anilines is 3. The van der Waals surface area contributed by atoms with E-state index in [4.69, 9.17) is 4.74 Å². The van der Waals surface area contributed by atoms with Crippen LogP contribution in [0.2, 0.25) is 0 Å². The van der Waals surface area contributed by atoms with Crippen LogP contribution in [-0.4, -0.2) is 6.71 Å². The molecule has 3 heterocycles. The van der Waals surface area contributed by atoms with Crippen molar-refractivity contribution in [3.63, 3.8) is 0 Å². The monoisotopic (exact) mass is 677 g/mol. The highest BCUT2D eigenvalue weighted by Gasteiger charge is 2.47. The quantitative estimate of drug-likeness (QED) is 0.160. The molecule has 0 unspecified atom stereocenters. The van der Waals surface area contributed by atoms with Crippen LogP contribution in [0.1, 0.15) is 130 Å². The van der Waals surface area contributed by atoms with E-state index in [2.05, 4.69) is 148 Å². The van der Waals surface area contributed by atoms with Gasteiger partial charge in [0, 0.05) is 31.9 Å². The van der Waals surface area contributed by atoms with Crippen molar-refractivity contribution in [2.75, 3.05) is 4.90 Å². The number of rotatable bonds is 1. The summed E-state index contributed by atoms with van der Waals surface area (Å²) >= 11 is 1.93. The normalized spacial score (nSPS) is 20.3. The van der Waals surface area contributed by atoms with Crippen molar-refractivity contribution in [3.8, 4) is 11.5 Å². The molecule has 4 aliphatic rings. The fraction of sp³-hybridized carbons (Fsp3) is 0.435. The lowest BCUT2D eigenvalue weighted by atomic mass is 9.36. The maximum absolute atomic E-state index is 7.07. The zero-order chi connectivity index (χ0) is 35.3. The number of fused-ring (bicyclic) bond motifs is 8. The molecule has 2 aliphatic carbocycles. The third kappa shape index (κ3) is 4.52. The van der Waals surface area contributed by atoms with Crippen LogP contribution >= 0.6 is 11.3 Å². The molecule has 5 aromatic rings. The lowest BCUT2D eigenvalue weighted by Crippen LogP contribution is -2.59. The number of thiophene rings is 1. The van der Waals surface area contributed by atoms with Crippen molar-refractivity contribution >= 4 is 60.9 Å². The van der Waals surface area contributed by atoms with Gasteiger partial charge in [-0.25, -0.2) is 0 Å². The molecule has 0 N–H and O–H groups in total. The molecule has 4 heteroatoms. The maximum Gasteiger partial charge on any atom is 0.268 e. The lowest BCUT2D eigenvalue weighted by molar-refractivity contribution is 0.332. The molecule has 0 bridgehead atoms. The summed E-state index contributed by atoms with van der Waals surface area (Å²) in [6, 6.07) is 26.4. The second kappa shape index (κ2) is 10.1. The number of benzene rings is 4. The van der Waals surface area contributed by atoms with Crippen LogP contribution in [-0.2, 0) is 27.1 Å². The van der Waals surface area contributed by atoms with Gasteiger partial charge >= 0.3 is 0 Å². The van der Waals surface area contributed by atoms with Crippen LogP contribution in [0.3, 0.4) is 0 Å². The van der Waals surface area contributed by atoms with Crippen LogP contribution in [0, 0.1) is 0 Å². The van der Waals surface area contributed by atoms with E-state index in [9.17, 15) is 0 Å². The van der Waals surface area contributed by atoms with E-state index < -0.39 is 0 Å². The van der Waals surface area contributed by atoms with Crippen LogP contribution < -0.4 is 25.3 Å². The van der Waals surface area contributed by atoms with Crippen LogP contribution in [0.5, 0.6) is 11.5 Å². The van der Waals surface area contributed by atoms with Gasteiger partial charge in [-0.2, -0.15) is 0 Å². The van der Waals surface area contributed by atoms with E-state index >= 15 is 0 Å². The summed E-state index contributed by atoms with van der Waals surface area (Å²) in [5.41, 5.74) is 14.5. The first-order chi connectivity index (χ1) is 23.4. The summed E-state index contributed by atoms with van der Waals surface area (Å²) in [6.07, 6.45) is 4.81. The van der Waals surface area contributed by atoms with E-state index in [-0.39, 0.29) is 33.8 Å². The number of ether oxygens (including phenoxy) is 1. The second-order valence-electron chi connectivity index (χ2n) is 19.5. The third-order valence-electron chi connectivity index (χ3n) is 13.2. The molecule has 0 saturated heterocycles. The minimum Gasteiger partial charge on any atom is -0.457 e. The first-order valence-corrected chi connectivity index (χ1v) is 19.7. The maximum atomic E-state index is 7.07. The van der Waals surface area contributed by atoms with E-state index in [0.717, 1.165) is 11.5 Å². The number of hydrogen-bond acceptors (Lipinski definition) is 3. The molecule has 4 aromatic carbocycles. The Bertz CT molecular complexity index is 2260. The van der Waals surface area contributed by atoms with Crippen LogP contribution in [0.4, 0.5) is 17.1 Å². The number of hydrogen-bond donors (Lipinski definition) is 0. The van der Waals surface area contributed by atoms with Crippen molar-refractivity contribution in [2.24, 2.45) is 0 Å². The van der Waals surface area contributed by atoms with Gasteiger partial charge in [0.2, 0.25) is 0 Å². The Kier molecular flexibility index (Phi) is 6.54. The summed E-state index contributed by atoms with van der Waals surface area (Å²) in [4.78, 5) is 2.60. The van der Waals surface area contributed by atoms with Crippen molar-refractivity contribution in [1.29, 1.82) is 0 Å². The highest BCUT2D eigenvalue weighted by atomic mass is 32.1. The van der Waals surface area contributed by atoms with Crippen molar-refractivity contribution < 1.29 is 4.74 Å². The smallest absolute Gasteiger partial charge is 0.268 e. The SMILES string of the molecule is CC(C)(C)c1ccc2sc3c(c2c1)Oc1cccc2c1B3c1cc3c(cc1N2c1ccc2c(c1)C(C)(C)CCC2(C)C)C(C)(C)CCC3(C)C. The largest absolute Gasteiger partial charge is 0.457 e. The van der Waals surface area contributed by atoms with Gasteiger partial charge < -0.3 is 9.64 Å². The molecular formula is C46H52BNOS. The summed E-state index contributed by atoms with van der Waals surface area (Å²) in [6.45, 7) is 26.6. The Morgan fingerprint density at radius 3 is 1.94 bits per heavy atom. The molecule has 0 saturated carbocycles. The highest BCUT2D eigenvalue weighted by molar-refractivity contribution is 7.33. The van der Waals surface area contributed by atoms with E-state index in [0.29, 0.717) is 0 Å². The van der Waals surface area contributed by atoms with Crippen LogP contribution in [0.25, 0.3) is 10.1 Å². The van der Waals surface area contributed by atoms with Crippen molar-refractivity contribution in [1.82, 2.24) is 0 Å². The molecular weight excluding hydrogens is 625 g/mol. The molecule has 0 fully saturated rings. The molecule has 2 nitrogen and oxygen atoms in total. The topological polar surface area (TPSA) is 12.5 Å². The Hall–Kier alpha value is -3.50. The molecule has 0 atom stereocenters. The fourth-order valence-corrected chi connectivity index (χ4v) is 10.9. The van der Waals surface area contributed by atoms with E-state index in [1.54, 1.807) is 0 Å². The molecule has 256 valence electrons. The lowest BCUT2D eigenvalue weighted by Gasteiger charge is -2.46. The van der Waals surface area contributed by atoms with Gasteiger partial charge in [0.15, 0.2) is 0 Å². The Morgan fingerprint density at radius 2 is 1.28 bits per heavy atom. The van der Waals surface area contributed by atoms with E-state index in [1.807, 2.05) is 11.3 Å². The first-order valence-electron chi connectivity index (χ1n) is 18.9.